The molecule has 0 nitrogen and oxygen atoms in total. The lowest BCUT2D eigenvalue weighted by Crippen LogP contribution is -2.25. The van der Waals surface area contributed by atoms with Gasteiger partial charge < -0.3 is 0 Å². The minimum Gasteiger partial charge on any atom is -0.0805 e. The van der Waals surface area contributed by atoms with Gasteiger partial charge >= 0.3 is 0 Å². The molecule has 2 saturated carbocycles. The molecule has 2 fully saturated rings. The van der Waals surface area contributed by atoms with Crippen LogP contribution in [-0.2, 0) is 0 Å². The fourth-order valence-electron chi connectivity index (χ4n) is 4.65. The maximum absolute atomic E-state index is 2.35. The normalized spacial score (nSPS) is 33.0. The van der Waals surface area contributed by atoms with E-state index in [9.17, 15) is 0 Å². The Labute approximate surface area is 113 Å². The van der Waals surface area contributed by atoms with Gasteiger partial charge in [-0.05, 0) is 43.4 Å². The first kappa shape index (κ1) is 12.5. The number of hydrogen-bond acceptors (Lipinski definition) is 0. The van der Waals surface area contributed by atoms with Crippen LogP contribution in [0.3, 0.4) is 0 Å². The molecule has 0 heteroatoms. The van der Waals surface area contributed by atoms with Gasteiger partial charge in [-0.3, -0.25) is 0 Å². The summed E-state index contributed by atoms with van der Waals surface area (Å²) >= 11 is 0. The van der Waals surface area contributed by atoms with E-state index >= 15 is 0 Å². The standard InChI is InChI=1S/C18H28/c1-2-8-15(7-1)13-14-17-11-5-6-12-18(17)16-9-3-4-10-16/h1-2,7,16-18H,3-6,8-14H2. The lowest BCUT2D eigenvalue weighted by Gasteiger charge is -2.36. The highest BCUT2D eigenvalue weighted by Gasteiger charge is 2.32. The molecule has 0 heterocycles. The molecule has 2 unspecified atom stereocenters. The molecule has 0 amide bonds. The van der Waals surface area contributed by atoms with Gasteiger partial charge in [0.05, 0.1) is 0 Å². The first-order valence-corrected chi connectivity index (χ1v) is 8.28. The van der Waals surface area contributed by atoms with Gasteiger partial charge in [-0.2, -0.15) is 0 Å². The first-order valence-electron chi connectivity index (χ1n) is 8.28. The minimum absolute atomic E-state index is 1.06. The summed E-state index contributed by atoms with van der Waals surface area (Å²) in [4.78, 5) is 0. The largest absolute Gasteiger partial charge is 0.0805 e. The Morgan fingerprint density at radius 3 is 2.50 bits per heavy atom. The lowest BCUT2D eigenvalue weighted by molar-refractivity contribution is 0.154. The molecule has 3 aliphatic carbocycles. The average molecular weight is 244 g/mol. The molecule has 0 aromatic carbocycles. The van der Waals surface area contributed by atoms with E-state index in [-0.39, 0.29) is 0 Å². The highest BCUT2D eigenvalue weighted by Crippen LogP contribution is 2.44. The predicted octanol–water partition coefficient (Wildman–Crippen LogP) is 5.65. The van der Waals surface area contributed by atoms with E-state index in [4.69, 9.17) is 0 Å². The summed E-state index contributed by atoms with van der Waals surface area (Å²) in [6.07, 6.45) is 23.2. The van der Waals surface area contributed by atoms with Crippen molar-refractivity contribution in [1.29, 1.82) is 0 Å². The summed E-state index contributed by atoms with van der Waals surface area (Å²) in [5, 5.41) is 0. The minimum atomic E-state index is 1.06. The van der Waals surface area contributed by atoms with Gasteiger partial charge in [0.15, 0.2) is 0 Å². The molecule has 0 spiro atoms. The van der Waals surface area contributed by atoms with Crippen molar-refractivity contribution in [3.8, 4) is 0 Å². The third kappa shape index (κ3) is 2.90. The lowest BCUT2D eigenvalue weighted by atomic mass is 9.70. The topological polar surface area (TPSA) is 0 Å². The second-order valence-electron chi connectivity index (χ2n) is 6.75. The van der Waals surface area contributed by atoms with Crippen LogP contribution in [-0.4, -0.2) is 0 Å². The summed E-state index contributed by atoms with van der Waals surface area (Å²) in [7, 11) is 0. The zero-order valence-electron chi connectivity index (χ0n) is 11.7. The number of hydrogen-bond donors (Lipinski definition) is 0. The molecule has 0 aromatic heterocycles. The highest BCUT2D eigenvalue weighted by molar-refractivity contribution is 5.22. The van der Waals surface area contributed by atoms with Crippen molar-refractivity contribution in [2.24, 2.45) is 17.8 Å². The van der Waals surface area contributed by atoms with Crippen molar-refractivity contribution < 1.29 is 0 Å². The van der Waals surface area contributed by atoms with Crippen LogP contribution in [0.2, 0.25) is 0 Å². The molecule has 0 radical (unpaired) electrons. The summed E-state index contributed by atoms with van der Waals surface area (Å²) in [5.74, 6) is 3.26. The van der Waals surface area contributed by atoms with Gasteiger partial charge in [0.2, 0.25) is 0 Å². The van der Waals surface area contributed by atoms with E-state index in [0.717, 1.165) is 17.8 Å². The molecule has 3 aliphatic rings. The Kier molecular flexibility index (Phi) is 4.23. The van der Waals surface area contributed by atoms with Crippen LogP contribution >= 0.6 is 0 Å². The van der Waals surface area contributed by atoms with Crippen molar-refractivity contribution in [1.82, 2.24) is 0 Å². The van der Waals surface area contributed by atoms with E-state index in [0.29, 0.717) is 0 Å². The summed E-state index contributed by atoms with van der Waals surface area (Å²) in [5.41, 5.74) is 1.69. The van der Waals surface area contributed by atoms with E-state index in [1.807, 2.05) is 0 Å². The van der Waals surface area contributed by atoms with Crippen molar-refractivity contribution >= 4 is 0 Å². The van der Waals surface area contributed by atoms with Gasteiger partial charge in [0, 0.05) is 0 Å². The fraction of sp³-hybridized carbons (Fsp3) is 0.778. The van der Waals surface area contributed by atoms with Crippen LogP contribution in [0, 0.1) is 17.8 Å². The van der Waals surface area contributed by atoms with E-state index in [1.54, 1.807) is 24.8 Å². The van der Waals surface area contributed by atoms with Crippen LogP contribution in [0.4, 0.5) is 0 Å². The molecule has 18 heavy (non-hydrogen) atoms. The number of rotatable bonds is 4. The second kappa shape index (κ2) is 6.08. The third-order valence-electron chi connectivity index (χ3n) is 5.66. The summed E-state index contributed by atoms with van der Waals surface area (Å²) < 4.78 is 0. The Morgan fingerprint density at radius 1 is 0.944 bits per heavy atom. The van der Waals surface area contributed by atoms with Crippen molar-refractivity contribution in [2.45, 2.75) is 70.6 Å². The van der Waals surface area contributed by atoms with Gasteiger partial charge in [0.1, 0.15) is 0 Å². The SMILES string of the molecule is C1=CCC(CCC2CCCCC2C2CCCC2)=C1. The van der Waals surface area contributed by atoms with E-state index in [1.165, 1.54) is 51.4 Å². The number of allylic oxidation sites excluding steroid dienone is 4. The van der Waals surface area contributed by atoms with Gasteiger partial charge in [-0.25, -0.2) is 0 Å². The molecular formula is C18H28. The zero-order chi connectivity index (χ0) is 12.2. The van der Waals surface area contributed by atoms with Crippen LogP contribution in [0.25, 0.3) is 0 Å². The molecule has 0 bridgehead atoms. The van der Waals surface area contributed by atoms with Crippen molar-refractivity contribution in [3.05, 3.63) is 23.8 Å². The Hall–Kier alpha value is -0.520. The van der Waals surface area contributed by atoms with Crippen LogP contribution < -0.4 is 0 Å². The molecule has 2 atom stereocenters. The van der Waals surface area contributed by atoms with E-state index in [2.05, 4.69) is 18.2 Å². The molecular weight excluding hydrogens is 216 g/mol. The third-order valence-corrected chi connectivity index (χ3v) is 5.66. The molecule has 0 N–H and O–H groups in total. The molecule has 3 rings (SSSR count). The van der Waals surface area contributed by atoms with Gasteiger partial charge in [-0.1, -0.05) is 68.7 Å². The molecule has 100 valence electrons. The maximum atomic E-state index is 2.35. The van der Waals surface area contributed by atoms with Crippen LogP contribution in [0.15, 0.2) is 23.8 Å². The monoisotopic (exact) mass is 244 g/mol. The zero-order valence-corrected chi connectivity index (χ0v) is 11.7. The Balaban J connectivity index is 1.53. The predicted molar refractivity (Wildman–Crippen MR) is 78.5 cm³/mol. The van der Waals surface area contributed by atoms with E-state index < -0.39 is 0 Å². The smallest absolute Gasteiger partial charge is 0.0133 e. The fourth-order valence-corrected chi connectivity index (χ4v) is 4.65. The highest BCUT2D eigenvalue weighted by atomic mass is 14.4. The Bertz CT molecular complexity index is 317. The van der Waals surface area contributed by atoms with Gasteiger partial charge in [0.25, 0.3) is 0 Å². The molecule has 0 saturated heterocycles. The quantitative estimate of drug-likeness (QED) is 0.599. The van der Waals surface area contributed by atoms with Crippen molar-refractivity contribution in [3.63, 3.8) is 0 Å². The summed E-state index contributed by atoms with van der Waals surface area (Å²) in [6, 6.07) is 0. The molecule has 0 aliphatic heterocycles. The van der Waals surface area contributed by atoms with Gasteiger partial charge in [-0.15, -0.1) is 0 Å². The first-order chi connectivity index (χ1) is 8.93. The van der Waals surface area contributed by atoms with Crippen LogP contribution in [0.1, 0.15) is 70.6 Å². The van der Waals surface area contributed by atoms with Crippen LogP contribution in [0.5, 0.6) is 0 Å². The molecule has 0 aromatic rings. The second-order valence-corrected chi connectivity index (χ2v) is 6.75. The Morgan fingerprint density at radius 2 is 1.72 bits per heavy atom. The average Bonchev–Trinajstić information content (AvgIpc) is 3.10. The maximum Gasteiger partial charge on any atom is -0.0133 e. The van der Waals surface area contributed by atoms with Crippen molar-refractivity contribution in [2.75, 3.05) is 0 Å². The summed E-state index contributed by atoms with van der Waals surface area (Å²) in [6.45, 7) is 0.